The Labute approximate surface area is 113 Å². The molecular weight excluding hydrogens is 244 g/mol. The Bertz CT molecular complexity index is 547. The van der Waals surface area contributed by atoms with Crippen LogP contribution in [0.15, 0.2) is 36.4 Å². The molecule has 0 bridgehead atoms. The molecule has 18 heavy (non-hydrogen) atoms. The van der Waals surface area contributed by atoms with Crippen LogP contribution in [0.5, 0.6) is 0 Å². The number of aryl methyl sites for hydroxylation is 1. The van der Waals surface area contributed by atoms with Crippen molar-refractivity contribution in [2.24, 2.45) is 0 Å². The number of hydrogen-bond donors (Lipinski definition) is 2. The monoisotopic (exact) mass is 260 g/mol. The van der Waals surface area contributed by atoms with Crippen LogP contribution in [0.1, 0.15) is 11.1 Å². The molecule has 0 aliphatic rings. The highest BCUT2D eigenvalue weighted by Crippen LogP contribution is 2.32. The predicted octanol–water partition coefficient (Wildman–Crippen LogP) is 4.17. The standard InChI is InChI=1S/C15H17ClN2/c1-10-4-6-12(7-5-10)14-8-13(16)9-15(11(14)2)18-17-3/h4-9,17-18H,1-3H3. The van der Waals surface area contributed by atoms with Crippen LogP contribution >= 0.6 is 11.6 Å². The molecule has 0 spiro atoms. The van der Waals surface area contributed by atoms with Crippen LogP contribution in [0, 0.1) is 13.8 Å². The number of benzene rings is 2. The third-order valence-electron chi connectivity index (χ3n) is 2.99. The summed E-state index contributed by atoms with van der Waals surface area (Å²) in [5.74, 6) is 0. The Kier molecular flexibility index (Phi) is 3.90. The minimum absolute atomic E-state index is 0.730. The lowest BCUT2D eigenvalue weighted by Crippen LogP contribution is -2.16. The Balaban J connectivity index is 2.53. The molecule has 0 atom stereocenters. The summed E-state index contributed by atoms with van der Waals surface area (Å²) >= 11 is 6.17. The zero-order chi connectivity index (χ0) is 13.1. The van der Waals surface area contributed by atoms with Crippen molar-refractivity contribution >= 4 is 17.3 Å². The lowest BCUT2D eigenvalue weighted by Gasteiger charge is -2.14. The van der Waals surface area contributed by atoms with Crippen molar-refractivity contribution in [3.63, 3.8) is 0 Å². The summed E-state index contributed by atoms with van der Waals surface area (Å²) in [5.41, 5.74) is 11.8. The summed E-state index contributed by atoms with van der Waals surface area (Å²) in [6.45, 7) is 4.17. The van der Waals surface area contributed by atoms with E-state index in [0.29, 0.717) is 0 Å². The topological polar surface area (TPSA) is 24.1 Å². The van der Waals surface area contributed by atoms with Gasteiger partial charge in [0, 0.05) is 12.1 Å². The Hall–Kier alpha value is -1.51. The first-order valence-corrected chi connectivity index (χ1v) is 6.29. The van der Waals surface area contributed by atoms with Crippen LogP contribution < -0.4 is 10.9 Å². The van der Waals surface area contributed by atoms with Crippen LogP contribution in [0.4, 0.5) is 5.69 Å². The molecule has 0 aliphatic heterocycles. The van der Waals surface area contributed by atoms with Gasteiger partial charge in [-0.25, -0.2) is 5.43 Å². The minimum atomic E-state index is 0.730. The molecule has 0 fully saturated rings. The van der Waals surface area contributed by atoms with E-state index < -0.39 is 0 Å². The van der Waals surface area contributed by atoms with Gasteiger partial charge in [0.2, 0.25) is 0 Å². The van der Waals surface area contributed by atoms with Gasteiger partial charge in [0.25, 0.3) is 0 Å². The van der Waals surface area contributed by atoms with E-state index in [0.717, 1.165) is 16.3 Å². The van der Waals surface area contributed by atoms with Gasteiger partial charge in [0.05, 0.1) is 5.69 Å². The zero-order valence-corrected chi connectivity index (χ0v) is 11.6. The third kappa shape index (κ3) is 2.66. The van der Waals surface area contributed by atoms with Crippen molar-refractivity contribution < 1.29 is 0 Å². The molecule has 94 valence electrons. The van der Waals surface area contributed by atoms with E-state index in [2.05, 4.69) is 49.0 Å². The lowest BCUT2D eigenvalue weighted by atomic mass is 9.98. The number of rotatable bonds is 3. The Morgan fingerprint density at radius 3 is 2.28 bits per heavy atom. The molecule has 0 aliphatic carbocycles. The van der Waals surface area contributed by atoms with E-state index in [-0.39, 0.29) is 0 Å². The van der Waals surface area contributed by atoms with Crippen LogP contribution in [-0.4, -0.2) is 7.05 Å². The van der Waals surface area contributed by atoms with E-state index in [1.807, 2.05) is 19.2 Å². The molecule has 0 amide bonds. The van der Waals surface area contributed by atoms with Crippen molar-refractivity contribution in [3.05, 3.63) is 52.5 Å². The first-order valence-electron chi connectivity index (χ1n) is 5.92. The van der Waals surface area contributed by atoms with Gasteiger partial charge in [-0.2, -0.15) is 0 Å². The SMILES string of the molecule is CNNc1cc(Cl)cc(-c2ccc(C)cc2)c1C. The number of hydrogen-bond acceptors (Lipinski definition) is 2. The van der Waals surface area contributed by atoms with Gasteiger partial charge in [0.1, 0.15) is 0 Å². The molecule has 2 rings (SSSR count). The molecule has 0 aromatic heterocycles. The molecule has 0 saturated carbocycles. The average Bonchev–Trinajstić information content (AvgIpc) is 2.35. The summed E-state index contributed by atoms with van der Waals surface area (Å²) < 4.78 is 0. The fourth-order valence-electron chi connectivity index (χ4n) is 1.98. The lowest BCUT2D eigenvalue weighted by molar-refractivity contribution is 0.980. The molecule has 2 aromatic carbocycles. The van der Waals surface area contributed by atoms with Crippen molar-refractivity contribution in [3.8, 4) is 11.1 Å². The fraction of sp³-hybridized carbons (Fsp3) is 0.200. The molecule has 3 heteroatoms. The number of anilines is 1. The Morgan fingerprint density at radius 1 is 1.00 bits per heavy atom. The third-order valence-corrected chi connectivity index (χ3v) is 3.21. The zero-order valence-electron chi connectivity index (χ0n) is 10.8. The van der Waals surface area contributed by atoms with Gasteiger partial charge in [-0.1, -0.05) is 41.4 Å². The van der Waals surface area contributed by atoms with Gasteiger partial charge in [-0.05, 0) is 42.7 Å². The second-order valence-corrected chi connectivity index (χ2v) is 4.80. The molecule has 2 nitrogen and oxygen atoms in total. The summed E-state index contributed by atoms with van der Waals surface area (Å²) in [6, 6.07) is 12.4. The van der Waals surface area contributed by atoms with E-state index in [1.54, 1.807) is 0 Å². The average molecular weight is 261 g/mol. The maximum Gasteiger partial charge on any atom is 0.0537 e. The van der Waals surface area contributed by atoms with E-state index in [9.17, 15) is 0 Å². The molecule has 0 saturated heterocycles. The second-order valence-electron chi connectivity index (χ2n) is 4.37. The first kappa shape index (κ1) is 12.9. The molecule has 2 N–H and O–H groups in total. The van der Waals surface area contributed by atoms with Gasteiger partial charge < -0.3 is 5.43 Å². The van der Waals surface area contributed by atoms with Crippen LogP contribution in [0.2, 0.25) is 5.02 Å². The molecule has 0 radical (unpaired) electrons. The number of halogens is 1. The van der Waals surface area contributed by atoms with Crippen molar-refractivity contribution in [1.82, 2.24) is 5.43 Å². The van der Waals surface area contributed by atoms with E-state index in [4.69, 9.17) is 11.6 Å². The highest BCUT2D eigenvalue weighted by atomic mass is 35.5. The first-order chi connectivity index (χ1) is 8.61. The van der Waals surface area contributed by atoms with Gasteiger partial charge >= 0.3 is 0 Å². The van der Waals surface area contributed by atoms with Crippen LogP contribution in [0.25, 0.3) is 11.1 Å². The minimum Gasteiger partial charge on any atom is -0.321 e. The predicted molar refractivity (Wildman–Crippen MR) is 79.0 cm³/mol. The van der Waals surface area contributed by atoms with Gasteiger partial charge in [-0.3, -0.25) is 0 Å². The number of hydrazine groups is 1. The molecule has 2 aromatic rings. The maximum atomic E-state index is 6.17. The summed E-state index contributed by atoms with van der Waals surface area (Å²) in [5, 5.41) is 0.730. The normalized spacial score (nSPS) is 10.4. The molecule has 0 heterocycles. The highest BCUT2D eigenvalue weighted by molar-refractivity contribution is 6.31. The van der Waals surface area contributed by atoms with Crippen molar-refractivity contribution in [2.45, 2.75) is 13.8 Å². The van der Waals surface area contributed by atoms with E-state index in [1.165, 1.54) is 16.7 Å². The molecule has 0 unspecified atom stereocenters. The van der Waals surface area contributed by atoms with E-state index >= 15 is 0 Å². The van der Waals surface area contributed by atoms with Gasteiger partial charge in [-0.15, -0.1) is 0 Å². The largest absolute Gasteiger partial charge is 0.321 e. The quantitative estimate of drug-likeness (QED) is 0.810. The van der Waals surface area contributed by atoms with Crippen LogP contribution in [-0.2, 0) is 0 Å². The van der Waals surface area contributed by atoms with Crippen LogP contribution in [0.3, 0.4) is 0 Å². The maximum absolute atomic E-state index is 6.17. The van der Waals surface area contributed by atoms with Crippen molar-refractivity contribution in [1.29, 1.82) is 0 Å². The smallest absolute Gasteiger partial charge is 0.0537 e. The fourth-order valence-corrected chi connectivity index (χ4v) is 2.19. The van der Waals surface area contributed by atoms with Crippen molar-refractivity contribution in [2.75, 3.05) is 12.5 Å². The summed E-state index contributed by atoms with van der Waals surface area (Å²) in [7, 11) is 1.84. The second kappa shape index (κ2) is 5.42. The van der Waals surface area contributed by atoms with Gasteiger partial charge in [0.15, 0.2) is 0 Å². The highest BCUT2D eigenvalue weighted by Gasteiger charge is 2.08. The summed E-state index contributed by atoms with van der Waals surface area (Å²) in [6.07, 6.45) is 0. The summed E-state index contributed by atoms with van der Waals surface area (Å²) in [4.78, 5) is 0. The Morgan fingerprint density at radius 2 is 1.67 bits per heavy atom. The molecular formula is C15H17ClN2. The number of nitrogens with one attached hydrogen (secondary N) is 2.